The number of piperidine rings is 1. The number of benzene rings is 2. The fraction of sp³-hybridized carbons (Fsp3) is 0.381. The highest BCUT2D eigenvalue weighted by Gasteiger charge is 2.31. The molecule has 0 saturated carbocycles. The monoisotopic (exact) mass is 373 g/mol. The number of ether oxygens (including phenoxy) is 1. The number of carbonyl (C=O) groups is 1. The third kappa shape index (κ3) is 4.02. The molecule has 0 aromatic heterocycles. The fourth-order valence-corrected chi connectivity index (χ4v) is 3.84. The van der Waals surface area contributed by atoms with E-state index < -0.39 is 5.97 Å². The summed E-state index contributed by atoms with van der Waals surface area (Å²) >= 11 is 6.28. The van der Waals surface area contributed by atoms with Crippen molar-refractivity contribution < 1.29 is 14.6 Å². The summed E-state index contributed by atoms with van der Waals surface area (Å²) < 4.78 is 5.60. The van der Waals surface area contributed by atoms with Crippen LogP contribution in [0.15, 0.2) is 42.5 Å². The van der Waals surface area contributed by atoms with Crippen molar-refractivity contribution in [2.75, 3.05) is 20.2 Å². The minimum Gasteiger partial charge on any atom is -0.496 e. The van der Waals surface area contributed by atoms with Gasteiger partial charge in [-0.05, 0) is 56.6 Å². The third-order valence-corrected chi connectivity index (χ3v) is 5.36. The van der Waals surface area contributed by atoms with Gasteiger partial charge in [-0.3, -0.25) is 9.69 Å². The van der Waals surface area contributed by atoms with Crippen LogP contribution >= 0.6 is 11.6 Å². The molecule has 1 heterocycles. The molecule has 4 nitrogen and oxygen atoms in total. The molecule has 0 bridgehead atoms. The van der Waals surface area contributed by atoms with E-state index in [1.807, 2.05) is 18.2 Å². The second-order valence-electron chi connectivity index (χ2n) is 6.85. The fourth-order valence-electron chi connectivity index (χ4n) is 3.66. The number of hydrogen-bond acceptors (Lipinski definition) is 3. The maximum absolute atomic E-state index is 11.3. The van der Waals surface area contributed by atoms with Crippen molar-refractivity contribution in [3.63, 3.8) is 0 Å². The van der Waals surface area contributed by atoms with Crippen molar-refractivity contribution >= 4 is 17.6 Å². The lowest BCUT2D eigenvalue weighted by Crippen LogP contribution is -2.39. The Morgan fingerprint density at radius 2 is 1.85 bits per heavy atom. The third-order valence-electron chi connectivity index (χ3n) is 5.12. The zero-order chi connectivity index (χ0) is 18.7. The number of halogens is 1. The first-order chi connectivity index (χ1) is 12.5. The van der Waals surface area contributed by atoms with Crippen LogP contribution in [0.1, 0.15) is 35.6 Å². The molecule has 1 aliphatic heterocycles. The van der Waals surface area contributed by atoms with E-state index in [0.29, 0.717) is 17.9 Å². The molecule has 138 valence electrons. The number of carboxylic acid groups (broad SMARTS) is 1. The van der Waals surface area contributed by atoms with E-state index in [0.717, 1.165) is 30.0 Å². The van der Waals surface area contributed by atoms with Crippen molar-refractivity contribution in [2.45, 2.75) is 25.8 Å². The van der Waals surface area contributed by atoms with Crippen molar-refractivity contribution in [1.29, 1.82) is 0 Å². The summed E-state index contributed by atoms with van der Waals surface area (Å²) in [7, 11) is 1.66. The van der Waals surface area contributed by atoms with Crippen molar-refractivity contribution in [1.82, 2.24) is 4.90 Å². The summed E-state index contributed by atoms with van der Waals surface area (Å²) in [5.74, 6) is -0.164. The molecule has 5 heteroatoms. The summed E-state index contributed by atoms with van der Waals surface area (Å²) in [6.07, 6.45) is 1.31. The molecular formula is C21H24ClNO3. The Kier molecular flexibility index (Phi) is 5.84. The quantitative estimate of drug-likeness (QED) is 0.835. The predicted molar refractivity (Wildman–Crippen MR) is 103 cm³/mol. The number of nitrogens with zero attached hydrogens (tertiary/aromatic N) is 1. The van der Waals surface area contributed by atoms with Gasteiger partial charge in [0.15, 0.2) is 0 Å². The van der Waals surface area contributed by atoms with E-state index in [9.17, 15) is 9.90 Å². The molecule has 1 atom stereocenters. The second-order valence-corrected chi connectivity index (χ2v) is 7.28. The number of methoxy groups -OCH3 is 1. The van der Waals surface area contributed by atoms with Gasteiger partial charge >= 0.3 is 5.97 Å². The highest BCUT2D eigenvalue weighted by atomic mass is 35.5. The van der Waals surface area contributed by atoms with E-state index >= 15 is 0 Å². The SMILES string of the molecule is COc1ccc(Cl)cc1C(c1ccc(C)cc1)N1CCC(C(=O)O)CC1. The maximum atomic E-state index is 11.3. The summed E-state index contributed by atoms with van der Waals surface area (Å²) in [6.45, 7) is 3.52. The zero-order valence-electron chi connectivity index (χ0n) is 15.1. The number of hydrogen-bond donors (Lipinski definition) is 1. The van der Waals surface area contributed by atoms with E-state index in [1.54, 1.807) is 7.11 Å². The van der Waals surface area contributed by atoms with Crippen LogP contribution in [-0.2, 0) is 4.79 Å². The Morgan fingerprint density at radius 3 is 2.42 bits per heavy atom. The lowest BCUT2D eigenvalue weighted by Gasteiger charge is -2.37. The number of rotatable bonds is 5. The molecule has 0 radical (unpaired) electrons. The van der Waals surface area contributed by atoms with Gasteiger partial charge in [0.25, 0.3) is 0 Å². The highest BCUT2D eigenvalue weighted by Crippen LogP contribution is 2.38. The average Bonchev–Trinajstić information content (AvgIpc) is 2.64. The minimum absolute atomic E-state index is 0.0148. The van der Waals surface area contributed by atoms with Crippen LogP contribution in [0.2, 0.25) is 5.02 Å². The van der Waals surface area contributed by atoms with Crippen LogP contribution < -0.4 is 4.74 Å². The molecular weight excluding hydrogens is 350 g/mol. The first-order valence-corrected chi connectivity index (χ1v) is 9.24. The number of aryl methyl sites for hydroxylation is 1. The van der Waals surface area contributed by atoms with Gasteiger partial charge in [0.2, 0.25) is 0 Å². The molecule has 0 amide bonds. The van der Waals surface area contributed by atoms with Crippen LogP contribution in [0.3, 0.4) is 0 Å². The molecule has 0 aliphatic carbocycles. The van der Waals surface area contributed by atoms with Crippen molar-refractivity contribution in [3.05, 3.63) is 64.2 Å². The molecule has 2 aromatic carbocycles. The van der Waals surface area contributed by atoms with E-state index in [-0.39, 0.29) is 12.0 Å². The zero-order valence-corrected chi connectivity index (χ0v) is 15.9. The lowest BCUT2D eigenvalue weighted by atomic mass is 9.90. The van der Waals surface area contributed by atoms with Crippen LogP contribution in [0.5, 0.6) is 5.75 Å². The molecule has 1 fully saturated rings. The first kappa shape index (κ1) is 18.7. The summed E-state index contributed by atoms with van der Waals surface area (Å²) in [5, 5.41) is 9.96. The Hall–Kier alpha value is -2.04. The Balaban J connectivity index is 1.99. The van der Waals surface area contributed by atoms with E-state index in [1.165, 1.54) is 5.56 Å². The molecule has 0 spiro atoms. The Bertz CT molecular complexity index is 767. The summed E-state index contributed by atoms with van der Waals surface area (Å²) in [4.78, 5) is 13.6. The van der Waals surface area contributed by atoms with Gasteiger partial charge < -0.3 is 9.84 Å². The van der Waals surface area contributed by atoms with Crippen LogP contribution in [0.4, 0.5) is 0 Å². The van der Waals surface area contributed by atoms with Gasteiger partial charge in [-0.15, -0.1) is 0 Å². The molecule has 1 saturated heterocycles. The smallest absolute Gasteiger partial charge is 0.306 e. The topological polar surface area (TPSA) is 49.8 Å². The molecule has 1 unspecified atom stereocenters. The average molecular weight is 374 g/mol. The van der Waals surface area contributed by atoms with Crippen LogP contribution in [0, 0.1) is 12.8 Å². The predicted octanol–water partition coefficient (Wildman–Crippen LogP) is 4.54. The summed E-state index contributed by atoms with van der Waals surface area (Å²) in [5.41, 5.74) is 3.37. The summed E-state index contributed by atoms with van der Waals surface area (Å²) in [6, 6.07) is 14.1. The van der Waals surface area contributed by atoms with Gasteiger partial charge in [0.1, 0.15) is 5.75 Å². The molecule has 2 aromatic rings. The maximum Gasteiger partial charge on any atom is 0.306 e. The number of likely N-dealkylation sites (tertiary alicyclic amines) is 1. The molecule has 26 heavy (non-hydrogen) atoms. The number of carboxylic acids is 1. The van der Waals surface area contributed by atoms with E-state index in [4.69, 9.17) is 16.3 Å². The van der Waals surface area contributed by atoms with E-state index in [2.05, 4.69) is 36.1 Å². The van der Waals surface area contributed by atoms with Crippen molar-refractivity contribution in [3.8, 4) is 5.75 Å². The van der Waals surface area contributed by atoms with Gasteiger partial charge in [-0.1, -0.05) is 41.4 Å². The van der Waals surface area contributed by atoms with Gasteiger partial charge in [-0.2, -0.15) is 0 Å². The van der Waals surface area contributed by atoms with Gasteiger partial charge in [-0.25, -0.2) is 0 Å². The number of aliphatic carboxylic acids is 1. The largest absolute Gasteiger partial charge is 0.496 e. The van der Waals surface area contributed by atoms with Crippen LogP contribution in [-0.4, -0.2) is 36.2 Å². The molecule has 3 rings (SSSR count). The Labute approximate surface area is 159 Å². The minimum atomic E-state index is -0.697. The molecule has 1 N–H and O–H groups in total. The van der Waals surface area contributed by atoms with Crippen molar-refractivity contribution in [2.24, 2.45) is 5.92 Å². The van der Waals surface area contributed by atoms with Gasteiger partial charge in [0, 0.05) is 10.6 Å². The van der Waals surface area contributed by atoms with Crippen LogP contribution in [0.25, 0.3) is 0 Å². The Morgan fingerprint density at radius 1 is 1.19 bits per heavy atom. The second kappa shape index (κ2) is 8.11. The highest BCUT2D eigenvalue weighted by molar-refractivity contribution is 6.30. The lowest BCUT2D eigenvalue weighted by molar-refractivity contribution is -0.143. The standard InChI is InChI=1S/C21H24ClNO3/c1-14-3-5-15(6-4-14)20(18-13-17(22)7-8-19(18)26-2)23-11-9-16(10-12-23)21(24)25/h3-8,13,16,20H,9-12H2,1-2H3,(H,24,25). The molecule has 1 aliphatic rings. The van der Waals surface area contributed by atoms with Gasteiger partial charge in [0.05, 0.1) is 19.1 Å². The first-order valence-electron chi connectivity index (χ1n) is 8.86. The normalized spacial score (nSPS) is 17.0.